The summed E-state index contributed by atoms with van der Waals surface area (Å²) < 4.78 is 4.91. The van der Waals surface area contributed by atoms with Gasteiger partial charge in [-0.3, -0.25) is 0 Å². The van der Waals surface area contributed by atoms with Crippen LogP contribution in [0.1, 0.15) is 0 Å². The summed E-state index contributed by atoms with van der Waals surface area (Å²) in [7, 11) is 3.06. The molecule has 2 N–H and O–H groups in total. The summed E-state index contributed by atoms with van der Waals surface area (Å²) in [6.45, 7) is 0. The number of ether oxygens (including phenoxy) is 1. The minimum atomic E-state index is 0. The van der Waals surface area contributed by atoms with Crippen molar-refractivity contribution in [2.45, 2.75) is 0 Å². The Kier molecular flexibility index (Phi) is 11.8. The average molecular weight is 192 g/mol. The SMILES string of the molecule is CON.COc1ccccc1.Cl. The minimum absolute atomic E-state index is 0. The first-order valence-corrected chi connectivity index (χ1v) is 3.17. The molecule has 0 spiro atoms. The molecule has 1 aromatic carbocycles. The van der Waals surface area contributed by atoms with Gasteiger partial charge in [-0.05, 0) is 12.1 Å². The highest BCUT2D eigenvalue weighted by atomic mass is 35.5. The van der Waals surface area contributed by atoms with E-state index in [0.717, 1.165) is 5.75 Å². The normalized spacial score (nSPS) is 7.25. The highest BCUT2D eigenvalue weighted by Crippen LogP contribution is 2.05. The number of nitrogens with two attached hydrogens (primary N) is 1. The molecule has 3 nitrogen and oxygen atoms in total. The van der Waals surface area contributed by atoms with E-state index in [0.29, 0.717) is 0 Å². The minimum Gasteiger partial charge on any atom is -0.497 e. The van der Waals surface area contributed by atoms with Crippen molar-refractivity contribution < 1.29 is 9.57 Å². The van der Waals surface area contributed by atoms with Gasteiger partial charge in [-0.25, -0.2) is 5.90 Å². The predicted octanol–water partition coefficient (Wildman–Crippen LogP) is 1.62. The van der Waals surface area contributed by atoms with Crippen molar-refractivity contribution >= 4 is 12.4 Å². The largest absolute Gasteiger partial charge is 0.497 e. The van der Waals surface area contributed by atoms with Crippen LogP contribution in [0.25, 0.3) is 0 Å². The summed E-state index contributed by atoms with van der Waals surface area (Å²) in [6.07, 6.45) is 0. The molecule has 0 radical (unpaired) electrons. The fourth-order valence-corrected chi connectivity index (χ4v) is 0.557. The van der Waals surface area contributed by atoms with Gasteiger partial charge in [-0.2, -0.15) is 0 Å². The van der Waals surface area contributed by atoms with Crippen LogP contribution < -0.4 is 10.6 Å². The second-order valence-corrected chi connectivity index (χ2v) is 1.75. The van der Waals surface area contributed by atoms with E-state index in [-0.39, 0.29) is 12.4 Å². The van der Waals surface area contributed by atoms with Crippen molar-refractivity contribution in [2.24, 2.45) is 5.90 Å². The van der Waals surface area contributed by atoms with E-state index >= 15 is 0 Å². The number of halogens is 1. The van der Waals surface area contributed by atoms with Gasteiger partial charge in [0.25, 0.3) is 0 Å². The first-order chi connectivity index (χ1) is 5.35. The molecule has 0 fully saturated rings. The smallest absolute Gasteiger partial charge is 0.118 e. The summed E-state index contributed by atoms with van der Waals surface area (Å²) in [6, 6.07) is 9.68. The van der Waals surface area contributed by atoms with Gasteiger partial charge >= 0.3 is 0 Å². The molecule has 1 rings (SSSR count). The standard InChI is InChI=1S/C7H8O.CH5NO.ClH/c1-8-7-5-3-2-4-6-7;1-3-2;/h2-6H,1H3;2H2,1H3;1H. The Hall–Kier alpha value is -0.770. The van der Waals surface area contributed by atoms with Gasteiger partial charge in [0.15, 0.2) is 0 Å². The third-order valence-electron chi connectivity index (χ3n) is 0.979. The van der Waals surface area contributed by atoms with Crippen LogP contribution in [0.2, 0.25) is 0 Å². The molecule has 0 heterocycles. The van der Waals surface area contributed by atoms with Crippen molar-refractivity contribution in [3.8, 4) is 5.75 Å². The lowest BCUT2D eigenvalue weighted by atomic mass is 10.3. The fraction of sp³-hybridized carbons (Fsp3) is 0.250. The van der Waals surface area contributed by atoms with Crippen LogP contribution in [-0.2, 0) is 4.84 Å². The molecule has 0 atom stereocenters. The maximum absolute atomic E-state index is 4.91. The fourth-order valence-electron chi connectivity index (χ4n) is 0.557. The molecule has 1 aromatic rings. The molecule has 0 saturated carbocycles. The van der Waals surface area contributed by atoms with Crippen LogP contribution in [0.4, 0.5) is 0 Å². The van der Waals surface area contributed by atoms with Gasteiger partial charge in [0.05, 0.1) is 14.2 Å². The van der Waals surface area contributed by atoms with E-state index in [9.17, 15) is 0 Å². The quantitative estimate of drug-likeness (QED) is 0.687. The molecule has 0 amide bonds. The summed E-state index contributed by atoms with van der Waals surface area (Å²) >= 11 is 0. The lowest BCUT2D eigenvalue weighted by Crippen LogP contribution is -1.86. The molecule has 0 aliphatic heterocycles. The van der Waals surface area contributed by atoms with Crippen LogP contribution >= 0.6 is 12.4 Å². The summed E-state index contributed by atoms with van der Waals surface area (Å²) in [5.74, 6) is 5.26. The van der Waals surface area contributed by atoms with Crippen molar-refractivity contribution in [1.82, 2.24) is 0 Å². The van der Waals surface area contributed by atoms with Crippen LogP contribution in [0.3, 0.4) is 0 Å². The Balaban J connectivity index is 0. The Morgan fingerprint density at radius 2 is 1.50 bits per heavy atom. The predicted molar refractivity (Wildman–Crippen MR) is 51.4 cm³/mol. The summed E-state index contributed by atoms with van der Waals surface area (Å²) in [5, 5.41) is 0. The Morgan fingerprint density at radius 1 is 1.08 bits per heavy atom. The van der Waals surface area contributed by atoms with E-state index in [1.807, 2.05) is 30.3 Å². The Morgan fingerprint density at radius 3 is 1.75 bits per heavy atom. The highest BCUT2D eigenvalue weighted by molar-refractivity contribution is 5.85. The van der Waals surface area contributed by atoms with Crippen LogP contribution in [0.5, 0.6) is 5.75 Å². The van der Waals surface area contributed by atoms with Gasteiger partial charge in [-0.1, -0.05) is 18.2 Å². The van der Waals surface area contributed by atoms with Crippen molar-refractivity contribution in [1.29, 1.82) is 0 Å². The molecule has 70 valence electrons. The van der Waals surface area contributed by atoms with Crippen LogP contribution in [0, 0.1) is 0 Å². The monoisotopic (exact) mass is 191 g/mol. The average Bonchev–Trinajstić information content (AvgIpc) is 2.08. The molecular formula is C8H14ClNO2. The zero-order chi connectivity index (χ0) is 8.53. The third kappa shape index (κ3) is 7.34. The van der Waals surface area contributed by atoms with Crippen molar-refractivity contribution in [3.63, 3.8) is 0 Å². The number of rotatable bonds is 1. The molecule has 0 aliphatic carbocycles. The van der Waals surface area contributed by atoms with Gasteiger partial charge in [-0.15, -0.1) is 12.4 Å². The lowest BCUT2D eigenvalue weighted by molar-refractivity contribution is 0.206. The Labute approximate surface area is 78.8 Å². The molecule has 12 heavy (non-hydrogen) atoms. The number of benzene rings is 1. The molecule has 0 aliphatic rings. The van der Waals surface area contributed by atoms with Gasteiger partial charge in [0, 0.05) is 0 Å². The second-order valence-electron chi connectivity index (χ2n) is 1.75. The number of hydrogen-bond donors (Lipinski definition) is 1. The first-order valence-electron chi connectivity index (χ1n) is 3.17. The summed E-state index contributed by atoms with van der Waals surface area (Å²) in [5.41, 5.74) is 0. The van der Waals surface area contributed by atoms with Crippen molar-refractivity contribution in [3.05, 3.63) is 30.3 Å². The number of para-hydroxylation sites is 1. The van der Waals surface area contributed by atoms with E-state index in [1.54, 1.807) is 7.11 Å². The molecular weight excluding hydrogens is 178 g/mol. The van der Waals surface area contributed by atoms with Gasteiger partial charge in [0.1, 0.15) is 5.75 Å². The van der Waals surface area contributed by atoms with E-state index in [2.05, 4.69) is 10.7 Å². The topological polar surface area (TPSA) is 44.5 Å². The van der Waals surface area contributed by atoms with Crippen molar-refractivity contribution in [2.75, 3.05) is 14.2 Å². The van der Waals surface area contributed by atoms with E-state index < -0.39 is 0 Å². The van der Waals surface area contributed by atoms with Crippen LogP contribution in [-0.4, -0.2) is 14.2 Å². The van der Waals surface area contributed by atoms with Gasteiger partial charge < -0.3 is 9.57 Å². The van der Waals surface area contributed by atoms with Crippen LogP contribution in [0.15, 0.2) is 30.3 Å². The maximum atomic E-state index is 4.91. The first kappa shape index (κ1) is 13.8. The molecule has 4 heteroatoms. The molecule has 0 saturated heterocycles. The lowest BCUT2D eigenvalue weighted by Gasteiger charge is -1.93. The van der Waals surface area contributed by atoms with E-state index in [1.165, 1.54) is 7.11 Å². The van der Waals surface area contributed by atoms with E-state index in [4.69, 9.17) is 4.74 Å². The Bertz CT molecular complexity index is 170. The third-order valence-corrected chi connectivity index (χ3v) is 0.979. The summed E-state index contributed by atoms with van der Waals surface area (Å²) in [4.78, 5) is 3.75. The molecule has 0 bridgehead atoms. The molecule has 0 unspecified atom stereocenters. The second kappa shape index (κ2) is 10.2. The highest BCUT2D eigenvalue weighted by Gasteiger charge is 1.80. The number of methoxy groups -OCH3 is 1. The molecule has 0 aromatic heterocycles. The zero-order valence-corrected chi connectivity index (χ0v) is 8.01. The van der Waals surface area contributed by atoms with Gasteiger partial charge in [0.2, 0.25) is 0 Å². The maximum Gasteiger partial charge on any atom is 0.118 e. The zero-order valence-electron chi connectivity index (χ0n) is 7.19. The number of hydrogen-bond acceptors (Lipinski definition) is 3.